The van der Waals surface area contributed by atoms with Gasteiger partial charge in [0.2, 0.25) is 0 Å². The third-order valence-electron chi connectivity index (χ3n) is 2.34. The lowest BCUT2D eigenvalue weighted by Gasteiger charge is -2.09. The molecule has 2 N–H and O–H groups in total. The monoisotopic (exact) mass is 187 g/mol. The molecule has 2 aromatic rings. The summed E-state index contributed by atoms with van der Waals surface area (Å²) < 4.78 is 1.85. The molecule has 2 rings (SSSR count). The van der Waals surface area contributed by atoms with Crippen LogP contribution in [0.4, 0.5) is 5.69 Å². The molecule has 0 amide bonds. The lowest BCUT2D eigenvalue weighted by molar-refractivity contribution is 0.871. The fraction of sp³-hybridized carbons (Fsp3) is 0.182. The first kappa shape index (κ1) is 8.81. The van der Waals surface area contributed by atoms with E-state index in [-0.39, 0.29) is 0 Å². The summed E-state index contributed by atoms with van der Waals surface area (Å²) in [6, 6.07) is 5.94. The SMILES string of the molecule is Cc1cc(-n2cccn2)c(C)cc1N. The second kappa shape index (κ2) is 3.18. The number of nitrogens with zero attached hydrogens (tertiary/aromatic N) is 2. The molecule has 0 spiro atoms. The highest BCUT2D eigenvalue weighted by Crippen LogP contribution is 2.20. The number of hydrogen-bond donors (Lipinski definition) is 1. The Morgan fingerprint density at radius 1 is 1.21 bits per heavy atom. The van der Waals surface area contributed by atoms with Gasteiger partial charge in [0.15, 0.2) is 0 Å². The average molecular weight is 187 g/mol. The maximum Gasteiger partial charge on any atom is 0.0678 e. The lowest BCUT2D eigenvalue weighted by Crippen LogP contribution is -2.00. The van der Waals surface area contributed by atoms with E-state index in [1.165, 1.54) is 0 Å². The van der Waals surface area contributed by atoms with E-state index in [4.69, 9.17) is 5.73 Å². The molecule has 1 aromatic carbocycles. The van der Waals surface area contributed by atoms with Gasteiger partial charge in [-0.2, -0.15) is 5.10 Å². The predicted molar refractivity (Wildman–Crippen MR) is 57.5 cm³/mol. The first-order valence-electron chi connectivity index (χ1n) is 4.55. The van der Waals surface area contributed by atoms with Crippen LogP contribution in [0.25, 0.3) is 5.69 Å². The summed E-state index contributed by atoms with van der Waals surface area (Å²) in [5.74, 6) is 0. The molecule has 0 atom stereocenters. The third-order valence-corrected chi connectivity index (χ3v) is 2.34. The number of nitrogens with two attached hydrogens (primary N) is 1. The molecular weight excluding hydrogens is 174 g/mol. The Balaban J connectivity index is 2.60. The van der Waals surface area contributed by atoms with Gasteiger partial charge in [-0.1, -0.05) is 0 Å². The Kier molecular flexibility index (Phi) is 2.00. The summed E-state index contributed by atoms with van der Waals surface area (Å²) in [7, 11) is 0. The first-order chi connectivity index (χ1) is 6.68. The zero-order chi connectivity index (χ0) is 10.1. The molecule has 0 saturated heterocycles. The van der Waals surface area contributed by atoms with Crippen LogP contribution in [0.1, 0.15) is 11.1 Å². The molecule has 1 heterocycles. The number of rotatable bonds is 1. The van der Waals surface area contributed by atoms with Crippen molar-refractivity contribution in [2.45, 2.75) is 13.8 Å². The van der Waals surface area contributed by atoms with Gasteiger partial charge in [-0.05, 0) is 43.2 Å². The molecule has 1 aromatic heterocycles. The molecule has 3 nitrogen and oxygen atoms in total. The van der Waals surface area contributed by atoms with Gasteiger partial charge in [-0.15, -0.1) is 0 Å². The second-order valence-electron chi connectivity index (χ2n) is 3.45. The highest BCUT2D eigenvalue weighted by molar-refractivity contribution is 5.56. The number of aryl methyl sites for hydroxylation is 2. The van der Waals surface area contributed by atoms with Crippen LogP contribution in [0.3, 0.4) is 0 Å². The van der Waals surface area contributed by atoms with Crippen LogP contribution in [-0.2, 0) is 0 Å². The quantitative estimate of drug-likeness (QED) is 0.694. The Morgan fingerprint density at radius 2 is 2.00 bits per heavy atom. The topological polar surface area (TPSA) is 43.8 Å². The van der Waals surface area contributed by atoms with E-state index in [0.29, 0.717) is 0 Å². The molecule has 0 aliphatic rings. The van der Waals surface area contributed by atoms with Crippen LogP contribution >= 0.6 is 0 Å². The highest BCUT2D eigenvalue weighted by atomic mass is 15.3. The molecule has 14 heavy (non-hydrogen) atoms. The average Bonchev–Trinajstić information content (AvgIpc) is 2.64. The van der Waals surface area contributed by atoms with Gasteiger partial charge in [-0.25, -0.2) is 4.68 Å². The fourth-order valence-electron chi connectivity index (χ4n) is 1.48. The van der Waals surface area contributed by atoms with Crippen LogP contribution in [0.15, 0.2) is 30.6 Å². The van der Waals surface area contributed by atoms with E-state index < -0.39 is 0 Å². The fourth-order valence-corrected chi connectivity index (χ4v) is 1.48. The van der Waals surface area contributed by atoms with E-state index in [1.54, 1.807) is 6.20 Å². The summed E-state index contributed by atoms with van der Waals surface area (Å²) in [6.07, 6.45) is 3.70. The highest BCUT2D eigenvalue weighted by Gasteiger charge is 2.03. The van der Waals surface area contributed by atoms with Crippen molar-refractivity contribution >= 4 is 5.69 Å². The minimum Gasteiger partial charge on any atom is -0.399 e. The summed E-state index contributed by atoms with van der Waals surface area (Å²) in [4.78, 5) is 0. The van der Waals surface area contributed by atoms with Crippen molar-refractivity contribution in [3.8, 4) is 5.69 Å². The molecule has 72 valence electrons. The summed E-state index contributed by atoms with van der Waals surface area (Å²) >= 11 is 0. The van der Waals surface area contributed by atoms with Crippen LogP contribution in [-0.4, -0.2) is 9.78 Å². The normalized spacial score (nSPS) is 10.4. The number of nitrogen functional groups attached to an aromatic ring is 1. The molecule has 0 saturated carbocycles. The van der Waals surface area contributed by atoms with E-state index in [0.717, 1.165) is 22.5 Å². The first-order valence-corrected chi connectivity index (χ1v) is 4.55. The molecule has 0 aliphatic carbocycles. The molecule has 0 fully saturated rings. The number of aromatic nitrogens is 2. The standard InChI is InChI=1S/C11H13N3/c1-8-7-11(9(2)6-10(8)12)14-5-3-4-13-14/h3-7H,12H2,1-2H3. The minimum atomic E-state index is 0.832. The number of benzene rings is 1. The summed E-state index contributed by atoms with van der Waals surface area (Å²) in [5, 5.41) is 4.19. The van der Waals surface area contributed by atoms with E-state index >= 15 is 0 Å². The van der Waals surface area contributed by atoms with Crippen LogP contribution in [0.5, 0.6) is 0 Å². The Hall–Kier alpha value is -1.77. The summed E-state index contributed by atoms with van der Waals surface area (Å²) in [6.45, 7) is 4.04. The predicted octanol–water partition coefficient (Wildman–Crippen LogP) is 2.07. The maximum atomic E-state index is 5.81. The molecule has 0 radical (unpaired) electrons. The zero-order valence-corrected chi connectivity index (χ0v) is 8.36. The van der Waals surface area contributed by atoms with Crippen LogP contribution in [0, 0.1) is 13.8 Å². The van der Waals surface area contributed by atoms with Crippen molar-refractivity contribution < 1.29 is 0 Å². The van der Waals surface area contributed by atoms with Gasteiger partial charge in [-0.3, -0.25) is 0 Å². The third kappa shape index (κ3) is 1.37. The van der Waals surface area contributed by atoms with Gasteiger partial charge >= 0.3 is 0 Å². The van der Waals surface area contributed by atoms with Crippen molar-refractivity contribution in [2.75, 3.05) is 5.73 Å². The Labute approximate surface area is 83.2 Å². The van der Waals surface area contributed by atoms with Gasteiger partial charge < -0.3 is 5.73 Å². The number of hydrogen-bond acceptors (Lipinski definition) is 2. The molecule has 0 bridgehead atoms. The molecule has 0 unspecified atom stereocenters. The van der Waals surface area contributed by atoms with Crippen LogP contribution in [0.2, 0.25) is 0 Å². The van der Waals surface area contributed by atoms with Crippen molar-refractivity contribution in [3.05, 3.63) is 41.7 Å². The zero-order valence-electron chi connectivity index (χ0n) is 8.36. The molecule has 3 heteroatoms. The van der Waals surface area contributed by atoms with Crippen molar-refractivity contribution in [1.29, 1.82) is 0 Å². The van der Waals surface area contributed by atoms with Crippen molar-refractivity contribution in [2.24, 2.45) is 0 Å². The van der Waals surface area contributed by atoms with Gasteiger partial charge in [0.05, 0.1) is 5.69 Å². The number of anilines is 1. The van der Waals surface area contributed by atoms with Gasteiger partial charge in [0, 0.05) is 18.1 Å². The second-order valence-corrected chi connectivity index (χ2v) is 3.45. The maximum absolute atomic E-state index is 5.81. The summed E-state index contributed by atoms with van der Waals surface area (Å²) in [5.41, 5.74) is 9.95. The van der Waals surface area contributed by atoms with Gasteiger partial charge in [0.25, 0.3) is 0 Å². The van der Waals surface area contributed by atoms with Crippen LogP contribution < -0.4 is 5.73 Å². The van der Waals surface area contributed by atoms with E-state index in [2.05, 4.69) is 11.2 Å². The molecule has 0 aliphatic heterocycles. The van der Waals surface area contributed by atoms with E-state index in [1.807, 2.05) is 36.9 Å². The van der Waals surface area contributed by atoms with Gasteiger partial charge in [0.1, 0.15) is 0 Å². The smallest absolute Gasteiger partial charge is 0.0678 e. The Morgan fingerprint density at radius 3 is 2.64 bits per heavy atom. The lowest BCUT2D eigenvalue weighted by atomic mass is 10.1. The minimum absolute atomic E-state index is 0.832. The Bertz CT molecular complexity index is 444. The van der Waals surface area contributed by atoms with Crippen molar-refractivity contribution in [3.63, 3.8) is 0 Å². The molecular formula is C11H13N3. The van der Waals surface area contributed by atoms with Crippen molar-refractivity contribution in [1.82, 2.24) is 9.78 Å². The largest absolute Gasteiger partial charge is 0.399 e. The van der Waals surface area contributed by atoms with E-state index in [9.17, 15) is 0 Å².